The summed E-state index contributed by atoms with van der Waals surface area (Å²) in [6.45, 7) is 7.46. The predicted octanol–water partition coefficient (Wildman–Crippen LogP) is 1.62. The summed E-state index contributed by atoms with van der Waals surface area (Å²) in [7, 11) is 1.99. The van der Waals surface area contributed by atoms with Crippen LogP contribution in [-0.4, -0.2) is 22.9 Å². The first-order chi connectivity index (χ1) is 6.71. The molecule has 0 radical (unpaired) electrons. The van der Waals surface area contributed by atoms with Gasteiger partial charge in [0.2, 0.25) is 0 Å². The molecule has 14 heavy (non-hydrogen) atoms. The van der Waals surface area contributed by atoms with Gasteiger partial charge in [0.15, 0.2) is 0 Å². The van der Waals surface area contributed by atoms with Crippen LogP contribution in [0.15, 0.2) is 6.07 Å². The zero-order chi connectivity index (χ0) is 10.6. The number of nitrogens with one attached hydrogen (secondary N) is 1. The molecule has 3 heteroatoms. The van der Waals surface area contributed by atoms with Crippen molar-refractivity contribution in [2.24, 2.45) is 0 Å². The van der Waals surface area contributed by atoms with Gasteiger partial charge in [0, 0.05) is 24.7 Å². The highest BCUT2D eigenvalue weighted by atomic mass is 15.3. The summed E-state index contributed by atoms with van der Waals surface area (Å²) in [5.41, 5.74) is 2.54. The lowest BCUT2D eigenvalue weighted by Gasteiger charge is -2.06. The van der Waals surface area contributed by atoms with Crippen LogP contribution in [0.5, 0.6) is 0 Å². The summed E-state index contributed by atoms with van der Waals surface area (Å²) >= 11 is 0. The van der Waals surface area contributed by atoms with Crippen molar-refractivity contribution >= 4 is 0 Å². The highest BCUT2D eigenvalue weighted by Crippen LogP contribution is 2.07. The van der Waals surface area contributed by atoms with E-state index in [9.17, 15) is 0 Å². The summed E-state index contributed by atoms with van der Waals surface area (Å²) < 4.78 is 2.09. The van der Waals surface area contributed by atoms with E-state index in [1.54, 1.807) is 0 Å². The molecule has 1 unspecified atom stereocenters. The first-order valence-corrected chi connectivity index (χ1v) is 5.44. The van der Waals surface area contributed by atoms with E-state index in [1.165, 1.54) is 11.4 Å². The Bertz CT molecular complexity index is 257. The van der Waals surface area contributed by atoms with E-state index in [2.05, 4.69) is 41.9 Å². The van der Waals surface area contributed by atoms with Gasteiger partial charge in [-0.25, -0.2) is 0 Å². The zero-order valence-electron chi connectivity index (χ0n) is 9.67. The molecule has 1 aromatic heterocycles. The van der Waals surface area contributed by atoms with Crippen LogP contribution in [0, 0.1) is 0 Å². The summed E-state index contributed by atoms with van der Waals surface area (Å²) in [5.74, 6) is 0. The zero-order valence-corrected chi connectivity index (χ0v) is 9.67. The van der Waals surface area contributed by atoms with E-state index in [1.807, 2.05) is 7.05 Å². The fourth-order valence-electron chi connectivity index (χ4n) is 1.59. The van der Waals surface area contributed by atoms with Crippen LogP contribution in [0.2, 0.25) is 0 Å². The maximum atomic E-state index is 4.56. The molecule has 1 N–H and O–H groups in total. The molecule has 1 rings (SSSR count). The minimum Gasteiger partial charge on any atom is -0.317 e. The lowest BCUT2D eigenvalue weighted by atomic mass is 10.2. The van der Waals surface area contributed by atoms with Crippen LogP contribution in [-0.2, 0) is 19.4 Å². The van der Waals surface area contributed by atoms with Crippen molar-refractivity contribution < 1.29 is 0 Å². The molecular formula is C11H21N3. The second-order valence-electron chi connectivity index (χ2n) is 3.69. The second-order valence-corrected chi connectivity index (χ2v) is 3.69. The molecule has 0 aliphatic rings. The van der Waals surface area contributed by atoms with E-state index >= 15 is 0 Å². The molecule has 0 bridgehead atoms. The van der Waals surface area contributed by atoms with Gasteiger partial charge >= 0.3 is 0 Å². The maximum Gasteiger partial charge on any atom is 0.0642 e. The molecule has 0 aliphatic heterocycles. The summed E-state index contributed by atoms with van der Waals surface area (Å²) in [6.07, 6.45) is 2.07. The Kier molecular flexibility index (Phi) is 4.14. The third-order valence-electron chi connectivity index (χ3n) is 2.58. The number of aromatic nitrogens is 2. The molecule has 1 heterocycles. The third-order valence-corrected chi connectivity index (χ3v) is 2.58. The number of aryl methyl sites for hydroxylation is 2. The highest BCUT2D eigenvalue weighted by Gasteiger charge is 2.07. The van der Waals surface area contributed by atoms with Crippen LogP contribution in [0.3, 0.4) is 0 Å². The second kappa shape index (κ2) is 5.15. The van der Waals surface area contributed by atoms with Crippen molar-refractivity contribution in [3.63, 3.8) is 0 Å². The van der Waals surface area contributed by atoms with Crippen LogP contribution in [0.25, 0.3) is 0 Å². The molecule has 3 nitrogen and oxygen atoms in total. The highest BCUT2D eigenvalue weighted by molar-refractivity contribution is 5.11. The first-order valence-electron chi connectivity index (χ1n) is 5.44. The fraction of sp³-hybridized carbons (Fsp3) is 0.727. The predicted molar refractivity (Wildman–Crippen MR) is 59.5 cm³/mol. The Balaban J connectivity index is 2.73. The number of hydrogen-bond acceptors (Lipinski definition) is 2. The van der Waals surface area contributed by atoms with E-state index in [-0.39, 0.29) is 0 Å². The molecule has 0 aromatic carbocycles. The van der Waals surface area contributed by atoms with E-state index in [0.29, 0.717) is 6.04 Å². The van der Waals surface area contributed by atoms with Crippen molar-refractivity contribution in [2.75, 3.05) is 7.05 Å². The molecule has 0 amide bonds. The largest absolute Gasteiger partial charge is 0.317 e. The molecule has 0 saturated carbocycles. The van der Waals surface area contributed by atoms with Crippen LogP contribution < -0.4 is 5.32 Å². The SMILES string of the molecule is CCc1cc(CC(C)NC)nn1CC. The maximum absolute atomic E-state index is 4.56. The van der Waals surface area contributed by atoms with E-state index in [0.717, 1.165) is 19.4 Å². The Labute approximate surface area is 86.5 Å². The standard InChI is InChI=1S/C11H21N3/c1-5-11-8-10(7-9(3)12-4)13-14(11)6-2/h8-9,12H,5-7H2,1-4H3. The van der Waals surface area contributed by atoms with Gasteiger partial charge in [-0.1, -0.05) is 6.92 Å². The normalized spacial score (nSPS) is 13.1. The number of nitrogens with zero attached hydrogens (tertiary/aromatic N) is 2. The minimum absolute atomic E-state index is 0.500. The summed E-state index contributed by atoms with van der Waals surface area (Å²) in [4.78, 5) is 0. The monoisotopic (exact) mass is 195 g/mol. The summed E-state index contributed by atoms with van der Waals surface area (Å²) in [5, 5.41) is 7.79. The van der Waals surface area contributed by atoms with Gasteiger partial charge < -0.3 is 5.32 Å². The lowest BCUT2D eigenvalue weighted by molar-refractivity contribution is 0.575. The third kappa shape index (κ3) is 2.58. The topological polar surface area (TPSA) is 29.9 Å². The molecule has 0 saturated heterocycles. The minimum atomic E-state index is 0.500. The van der Waals surface area contributed by atoms with Gasteiger partial charge in [0.1, 0.15) is 0 Å². The van der Waals surface area contributed by atoms with Crippen LogP contribution in [0.1, 0.15) is 32.2 Å². The average molecular weight is 195 g/mol. The van der Waals surface area contributed by atoms with Crippen molar-refractivity contribution in [3.05, 3.63) is 17.5 Å². The van der Waals surface area contributed by atoms with Crippen molar-refractivity contribution in [1.82, 2.24) is 15.1 Å². The smallest absolute Gasteiger partial charge is 0.0642 e. The molecule has 1 aromatic rings. The molecular weight excluding hydrogens is 174 g/mol. The van der Waals surface area contributed by atoms with Crippen molar-refractivity contribution in [1.29, 1.82) is 0 Å². The van der Waals surface area contributed by atoms with Crippen molar-refractivity contribution in [2.45, 2.75) is 46.2 Å². The van der Waals surface area contributed by atoms with E-state index in [4.69, 9.17) is 0 Å². The van der Waals surface area contributed by atoms with Gasteiger partial charge in [-0.2, -0.15) is 5.10 Å². The lowest BCUT2D eigenvalue weighted by Crippen LogP contribution is -2.23. The Morgan fingerprint density at radius 2 is 2.21 bits per heavy atom. The van der Waals surface area contributed by atoms with Crippen molar-refractivity contribution in [3.8, 4) is 0 Å². The molecule has 0 fully saturated rings. The van der Waals surface area contributed by atoms with Gasteiger partial charge in [0.25, 0.3) is 0 Å². The molecule has 1 atom stereocenters. The fourth-order valence-corrected chi connectivity index (χ4v) is 1.59. The Hall–Kier alpha value is -0.830. The van der Waals surface area contributed by atoms with Gasteiger partial charge in [-0.05, 0) is 33.4 Å². The number of likely N-dealkylation sites (N-methyl/N-ethyl adjacent to an activating group) is 1. The first kappa shape index (κ1) is 11.2. The van der Waals surface area contributed by atoms with E-state index < -0.39 is 0 Å². The van der Waals surface area contributed by atoms with Crippen LogP contribution in [0.4, 0.5) is 0 Å². The average Bonchev–Trinajstić information content (AvgIpc) is 2.59. The Morgan fingerprint density at radius 3 is 2.64 bits per heavy atom. The van der Waals surface area contributed by atoms with Gasteiger partial charge in [-0.3, -0.25) is 4.68 Å². The van der Waals surface area contributed by atoms with Crippen LogP contribution >= 0.6 is 0 Å². The quantitative estimate of drug-likeness (QED) is 0.773. The Morgan fingerprint density at radius 1 is 1.50 bits per heavy atom. The number of hydrogen-bond donors (Lipinski definition) is 1. The number of rotatable bonds is 5. The van der Waals surface area contributed by atoms with Gasteiger partial charge in [-0.15, -0.1) is 0 Å². The molecule has 0 aliphatic carbocycles. The summed E-state index contributed by atoms with van der Waals surface area (Å²) in [6, 6.07) is 2.72. The molecule has 80 valence electrons. The molecule has 0 spiro atoms. The van der Waals surface area contributed by atoms with Gasteiger partial charge in [0.05, 0.1) is 5.69 Å².